The average molecular weight is 283 g/mol. The molecule has 0 N–H and O–H groups in total. The maximum Gasteiger partial charge on any atom is 0.231 e. The van der Waals surface area contributed by atoms with E-state index in [2.05, 4.69) is 15.2 Å². The van der Waals surface area contributed by atoms with Crippen LogP contribution in [0.2, 0.25) is 0 Å². The molecule has 1 aromatic heterocycles. The summed E-state index contributed by atoms with van der Waals surface area (Å²) in [5.41, 5.74) is 1.74. The van der Waals surface area contributed by atoms with Gasteiger partial charge in [-0.15, -0.1) is 10.2 Å². The van der Waals surface area contributed by atoms with Gasteiger partial charge in [-0.3, -0.25) is 0 Å². The third kappa shape index (κ3) is 2.83. The van der Waals surface area contributed by atoms with E-state index in [1.54, 1.807) is 0 Å². The summed E-state index contributed by atoms with van der Waals surface area (Å²) in [6.45, 7) is 2.62. The number of nitrogens with zero attached hydrogens (tertiary/aromatic N) is 3. The molecule has 3 rings (SSSR count). The number of para-hydroxylation sites is 1. The van der Waals surface area contributed by atoms with Gasteiger partial charge in [0.05, 0.1) is 22.5 Å². The van der Waals surface area contributed by atoms with E-state index in [9.17, 15) is 0 Å². The van der Waals surface area contributed by atoms with Gasteiger partial charge < -0.3 is 4.74 Å². The molecule has 5 heteroatoms. The van der Waals surface area contributed by atoms with Gasteiger partial charge in [0.25, 0.3) is 0 Å². The van der Waals surface area contributed by atoms with E-state index in [-0.39, 0.29) is 0 Å². The lowest BCUT2D eigenvalue weighted by Gasteiger charge is -2.01. The van der Waals surface area contributed by atoms with Crippen LogP contribution >= 0.6 is 11.3 Å². The van der Waals surface area contributed by atoms with Gasteiger partial charge >= 0.3 is 0 Å². The van der Waals surface area contributed by atoms with E-state index in [0.29, 0.717) is 11.7 Å². The highest BCUT2D eigenvalue weighted by atomic mass is 32.1. The number of thiazole rings is 1. The number of fused-ring (bicyclic) bond motifs is 1. The molecular weight excluding hydrogens is 270 g/mol. The molecule has 0 fully saturated rings. The van der Waals surface area contributed by atoms with Gasteiger partial charge in [-0.25, -0.2) is 4.98 Å². The zero-order chi connectivity index (χ0) is 13.8. The fourth-order valence-corrected chi connectivity index (χ4v) is 2.57. The summed E-state index contributed by atoms with van der Waals surface area (Å²) in [4.78, 5) is 4.41. The Kier molecular flexibility index (Phi) is 3.69. The summed E-state index contributed by atoms with van der Waals surface area (Å²) < 4.78 is 6.50. The molecule has 0 unspecified atom stereocenters. The lowest BCUT2D eigenvalue weighted by Crippen LogP contribution is -1.89. The summed E-state index contributed by atoms with van der Waals surface area (Å²) in [6, 6.07) is 15.5. The number of aromatic nitrogens is 1. The Balaban J connectivity index is 1.79. The fraction of sp³-hybridized carbons (Fsp3) is 0.133. The third-order valence-electron chi connectivity index (χ3n) is 2.68. The lowest BCUT2D eigenvalue weighted by molar-refractivity contribution is 0.340. The summed E-state index contributed by atoms with van der Waals surface area (Å²) in [5, 5.41) is 9.04. The molecule has 0 aliphatic rings. The monoisotopic (exact) mass is 283 g/mol. The third-order valence-corrected chi connectivity index (χ3v) is 3.60. The van der Waals surface area contributed by atoms with E-state index < -0.39 is 0 Å². The average Bonchev–Trinajstić information content (AvgIpc) is 2.90. The smallest absolute Gasteiger partial charge is 0.231 e. The predicted octanol–water partition coefficient (Wildman–Crippen LogP) is 5.11. The first-order chi connectivity index (χ1) is 9.85. The van der Waals surface area contributed by atoms with E-state index >= 15 is 0 Å². The Morgan fingerprint density at radius 3 is 2.60 bits per heavy atom. The van der Waals surface area contributed by atoms with Crippen LogP contribution < -0.4 is 4.74 Å². The summed E-state index contributed by atoms with van der Waals surface area (Å²) in [5.74, 6) is 0.839. The van der Waals surface area contributed by atoms with Crippen molar-refractivity contribution in [2.24, 2.45) is 10.2 Å². The Morgan fingerprint density at radius 2 is 1.85 bits per heavy atom. The molecule has 3 aromatic rings. The number of ether oxygens (including phenoxy) is 1. The van der Waals surface area contributed by atoms with Crippen LogP contribution in [0.5, 0.6) is 5.75 Å². The van der Waals surface area contributed by atoms with Gasteiger partial charge in [-0.05, 0) is 43.3 Å². The van der Waals surface area contributed by atoms with Crippen LogP contribution in [0.4, 0.5) is 10.8 Å². The molecule has 0 radical (unpaired) electrons. The van der Waals surface area contributed by atoms with Crippen molar-refractivity contribution in [2.45, 2.75) is 6.92 Å². The SMILES string of the molecule is CCOc1ccc(N=Nc2nc3ccccc3s2)cc1. The molecule has 2 aromatic carbocycles. The van der Waals surface area contributed by atoms with Crippen molar-refractivity contribution < 1.29 is 4.74 Å². The highest BCUT2D eigenvalue weighted by Gasteiger charge is 2.01. The zero-order valence-corrected chi connectivity index (χ0v) is 11.8. The van der Waals surface area contributed by atoms with E-state index in [4.69, 9.17) is 4.74 Å². The predicted molar refractivity (Wildman–Crippen MR) is 81.4 cm³/mol. The fourth-order valence-electron chi connectivity index (χ4n) is 1.78. The Hall–Kier alpha value is -2.27. The number of hydrogen-bond donors (Lipinski definition) is 0. The van der Waals surface area contributed by atoms with Crippen molar-refractivity contribution in [1.29, 1.82) is 0 Å². The van der Waals surface area contributed by atoms with Crippen molar-refractivity contribution in [3.8, 4) is 5.75 Å². The molecule has 0 spiro atoms. The van der Waals surface area contributed by atoms with Crippen molar-refractivity contribution in [3.05, 3.63) is 48.5 Å². The summed E-state index contributed by atoms with van der Waals surface area (Å²) in [6.07, 6.45) is 0. The minimum absolute atomic E-state index is 0.659. The van der Waals surface area contributed by atoms with Crippen LogP contribution in [-0.2, 0) is 0 Å². The molecule has 1 heterocycles. The molecule has 0 saturated carbocycles. The minimum Gasteiger partial charge on any atom is -0.494 e. The van der Waals surface area contributed by atoms with E-state index in [0.717, 1.165) is 21.7 Å². The van der Waals surface area contributed by atoms with E-state index in [1.165, 1.54) is 11.3 Å². The number of rotatable bonds is 4. The molecule has 0 aliphatic heterocycles. The quantitative estimate of drug-likeness (QED) is 0.624. The topological polar surface area (TPSA) is 46.8 Å². The number of azo groups is 1. The molecule has 0 atom stereocenters. The Morgan fingerprint density at radius 1 is 1.05 bits per heavy atom. The maximum absolute atomic E-state index is 5.38. The van der Waals surface area contributed by atoms with Crippen LogP contribution in [0.25, 0.3) is 10.2 Å². The zero-order valence-electron chi connectivity index (χ0n) is 11.0. The minimum atomic E-state index is 0.659. The molecule has 0 amide bonds. The lowest BCUT2D eigenvalue weighted by atomic mass is 10.3. The van der Waals surface area contributed by atoms with Crippen molar-refractivity contribution in [3.63, 3.8) is 0 Å². The van der Waals surface area contributed by atoms with Gasteiger partial charge in [0.2, 0.25) is 5.13 Å². The Bertz CT molecular complexity index is 701. The van der Waals surface area contributed by atoms with Crippen molar-refractivity contribution in [2.75, 3.05) is 6.61 Å². The van der Waals surface area contributed by atoms with Crippen LogP contribution in [0, 0.1) is 0 Å². The molecule has 4 nitrogen and oxygen atoms in total. The molecule has 0 saturated heterocycles. The highest BCUT2D eigenvalue weighted by molar-refractivity contribution is 7.21. The largest absolute Gasteiger partial charge is 0.494 e. The van der Waals surface area contributed by atoms with Crippen molar-refractivity contribution in [1.82, 2.24) is 4.98 Å². The molecule has 0 bridgehead atoms. The van der Waals surface area contributed by atoms with Gasteiger partial charge in [-0.1, -0.05) is 23.5 Å². The standard InChI is InChI=1S/C15H13N3OS/c1-2-19-12-9-7-11(8-10-12)17-18-15-16-13-5-3-4-6-14(13)20-15/h3-10H,2H2,1H3. The van der Waals surface area contributed by atoms with Crippen LogP contribution in [0.3, 0.4) is 0 Å². The molecule has 100 valence electrons. The summed E-state index contributed by atoms with van der Waals surface area (Å²) >= 11 is 1.53. The second-order valence-electron chi connectivity index (χ2n) is 4.09. The van der Waals surface area contributed by atoms with E-state index in [1.807, 2.05) is 55.5 Å². The second kappa shape index (κ2) is 5.79. The molecule has 20 heavy (non-hydrogen) atoms. The highest BCUT2D eigenvalue weighted by Crippen LogP contribution is 2.29. The van der Waals surface area contributed by atoms with Gasteiger partial charge in [0.15, 0.2) is 0 Å². The maximum atomic E-state index is 5.38. The molecule has 0 aliphatic carbocycles. The first-order valence-corrected chi connectivity index (χ1v) is 7.17. The summed E-state index contributed by atoms with van der Waals surface area (Å²) in [7, 11) is 0. The Labute approximate surface area is 120 Å². The van der Waals surface area contributed by atoms with Crippen LogP contribution in [0.15, 0.2) is 58.8 Å². The van der Waals surface area contributed by atoms with Gasteiger partial charge in [0, 0.05) is 0 Å². The normalized spacial score (nSPS) is 11.2. The second-order valence-corrected chi connectivity index (χ2v) is 5.10. The molecular formula is C15H13N3OS. The number of benzene rings is 2. The van der Waals surface area contributed by atoms with Crippen LogP contribution in [0.1, 0.15) is 6.92 Å². The van der Waals surface area contributed by atoms with Crippen molar-refractivity contribution >= 4 is 32.4 Å². The number of hydrogen-bond acceptors (Lipinski definition) is 5. The first-order valence-electron chi connectivity index (χ1n) is 6.35. The van der Waals surface area contributed by atoms with Crippen LogP contribution in [-0.4, -0.2) is 11.6 Å². The van der Waals surface area contributed by atoms with Gasteiger partial charge in [-0.2, -0.15) is 0 Å². The van der Waals surface area contributed by atoms with Gasteiger partial charge in [0.1, 0.15) is 5.75 Å². The first kappa shape index (κ1) is 12.7.